The van der Waals surface area contributed by atoms with Crippen LogP contribution in [0.5, 0.6) is 0 Å². The maximum absolute atomic E-state index is 11.7. The van der Waals surface area contributed by atoms with Gasteiger partial charge in [-0.05, 0) is 12.1 Å². The van der Waals surface area contributed by atoms with Gasteiger partial charge in [-0.3, -0.25) is 4.79 Å². The Morgan fingerprint density at radius 2 is 2.12 bits per heavy atom. The van der Waals surface area contributed by atoms with Gasteiger partial charge >= 0.3 is 0 Å². The normalized spacial score (nSPS) is 10.1. The summed E-state index contributed by atoms with van der Waals surface area (Å²) in [6, 6.07) is 9.14. The van der Waals surface area contributed by atoms with Crippen LogP contribution in [0, 0.1) is 0 Å². The van der Waals surface area contributed by atoms with Crippen molar-refractivity contribution in [3.63, 3.8) is 0 Å². The summed E-state index contributed by atoms with van der Waals surface area (Å²) in [7, 11) is 1.90. The highest BCUT2D eigenvalue weighted by molar-refractivity contribution is 5.93. The summed E-state index contributed by atoms with van der Waals surface area (Å²) in [6.07, 6.45) is 3.56. The van der Waals surface area contributed by atoms with E-state index in [1.807, 2.05) is 36.0 Å². The molecule has 1 aromatic heterocycles. The van der Waals surface area contributed by atoms with E-state index in [0.717, 1.165) is 5.82 Å². The third-order valence-electron chi connectivity index (χ3n) is 2.36. The fourth-order valence-corrected chi connectivity index (χ4v) is 1.42. The first-order chi connectivity index (χ1) is 7.77. The number of aromatic nitrogens is 2. The summed E-state index contributed by atoms with van der Waals surface area (Å²) in [5.74, 6) is 0.757. The van der Waals surface area contributed by atoms with E-state index >= 15 is 0 Å². The van der Waals surface area contributed by atoms with E-state index in [-0.39, 0.29) is 5.91 Å². The van der Waals surface area contributed by atoms with Gasteiger partial charge in [0, 0.05) is 25.0 Å². The van der Waals surface area contributed by atoms with Crippen LogP contribution in [0.3, 0.4) is 0 Å². The molecule has 0 saturated carbocycles. The van der Waals surface area contributed by atoms with Crippen molar-refractivity contribution in [2.45, 2.75) is 6.54 Å². The lowest BCUT2D eigenvalue weighted by Gasteiger charge is -2.04. The molecule has 2 rings (SSSR count). The topological polar surface area (TPSA) is 46.9 Å². The monoisotopic (exact) mass is 215 g/mol. The molecule has 0 aliphatic rings. The molecule has 4 heteroatoms. The van der Waals surface area contributed by atoms with E-state index in [2.05, 4.69) is 10.3 Å². The number of carbonyl (C=O) groups excluding carboxylic acids is 1. The standard InChI is InChI=1S/C12H13N3O/c1-15-8-7-13-11(15)9-14-12(16)10-5-3-2-4-6-10/h2-8H,9H2,1H3,(H,14,16). The Hall–Kier alpha value is -2.10. The zero-order valence-corrected chi connectivity index (χ0v) is 9.05. The molecule has 82 valence electrons. The Labute approximate surface area is 93.9 Å². The van der Waals surface area contributed by atoms with Crippen LogP contribution in [0.15, 0.2) is 42.7 Å². The minimum Gasteiger partial charge on any atom is -0.345 e. The molecule has 1 heterocycles. The number of imidazole rings is 1. The first kappa shape index (κ1) is 10.4. The first-order valence-electron chi connectivity index (χ1n) is 5.07. The van der Waals surface area contributed by atoms with Gasteiger partial charge in [0.2, 0.25) is 0 Å². The molecule has 0 bridgehead atoms. The van der Waals surface area contributed by atoms with Crippen molar-refractivity contribution in [2.24, 2.45) is 7.05 Å². The molecule has 0 atom stereocenters. The van der Waals surface area contributed by atoms with E-state index in [4.69, 9.17) is 0 Å². The summed E-state index contributed by atoms with van der Waals surface area (Å²) >= 11 is 0. The molecular formula is C12H13N3O. The van der Waals surface area contributed by atoms with Gasteiger partial charge in [-0.25, -0.2) is 4.98 Å². The van der Waals surface area contributed by atoms with Crippen LogP contribution in [0.25, 0.3) is 0 Å². The van der Waals surface area contributed by atoms with Gasteiger partial charge in [-0.1, -0.05) is 18.2 Å². The third-order valence-corrected chi connectivity index (χ3v) is 2.36. The Kier molecular flexibility index (Phi) is 3.00. The molecule has 1 N–H and O–H groups in total. The summed E-state index contributed by atoms with van der Waals surface area (Å²) in [5.41, 5.74) is 0.664. The van der Waals surface area contributed by atoms with E-state index < -0.39 is 0 Å². The highest BCUT2D eigenvalue weighted by Crippen LogP contribution is 1.99. The molecule has 0 radical (unpaired) electrons. The predicted molar refractivity (Wildman–Crippen MR) is 60.8 cm³/mol. The summed E-state index contributed by atoms with van der Waals surface area (Å²) in [4.78, 5) is 15.8. The van der Waals surface area contributed by atoms with Crippen molar-refractivity contribution >= 4 is 5.91 Å². The number of carbonyl (C=O) groups is 1. The van der Waals surface area contributed by atoms with Gasteiger partial charge in [-0.15, -0.1) is 0 Å². The molecule has 0 spiro atoms. The van der Waals surface area contributed by atoms with Gasteiger partial charge in [-0.2, -0.15) is 0 Å². The second kappa shape index (κ2) is 4.61. The maximum Gasteiger partial charge on any atom is 0.251 e. The molecular weight excluding hydrogens is 202 g/mol. The van der Waals surface area contributed by atoms with Crippen molar-refractivity contribution in [3.05, 3.63) is 54.1 Å². The summed E-state index contributed by atoms with van der Waals surface area (Å²) in [5, 5.41) is 2.82. The zero-order chi connectivity index (χ0) is 11.4. The summed E-state index contributed by atoms with van der Waals surface area (Å²) in [6.45, 7) is 0.442. The molecule has 2 aromatic rings. The lowest BCUT2D eigenvalue weighted by atomic mass is 10.2. The Morgan fingerprint density at radius 1 is 1.38 bits per heavy atom. The lowest BCUT2D eigenvalue weighted by Crippen LogP contribution is -2.24. The zero-order valence-electron chi connectivity index (χ0n) is 9.05. The Morgan fingerprint density at radius 3 is 2.75 bits per heavy atom. The minimum atomic E-state index is -0.0800. The highest BCUT2D eigenvalue weighted by atomic mass is 16.1. The van der Waals surface area contributed by atoms with E-state index in [0.29, 0.717) is 12.1 Å². The number of amides is 1. The number of rotatable bonds is 3. The molecule has 0 fully saturated rings. The maximum atomic E-state index is 11.7. The molecule has 0 aliphatic carbocycles. The average Bonchev–Trinajstić information content (AvgIpc) is 2.73. The van der Waals surface area contributed by atoms with Crippen LogP contribution < -0.4 is 5.32 Å². The van der Waals surface area contributed by atoms with Gasteiger partial charge in [0.15, 0.2) is 0 Å². The van der Waals surface area contributed by atoms with Crippen LogP contribution in [-0.2, 0) is 13.6 Å². The SMILES string of the molecule is Cn1ccnc1CNC(=O)c1ccccc1. The molecule has 0 saturated heterocycles. The van der Waals surface area contributed by atoms with E-state index in [1.54, 1.807) is 18.3 Å². The fraction of sp³-hybridized carbons (Fsp3) is 0.167. The number of hydrogen-bond acceptors (Lipinski definition) is 2. The average molecular weight is 215 g/mol. The molecule has 0 aliphatic heterocycles. The van der Waals surface area contributed by atoms with Crippen molar-refractivity contribution in [2.75, 3.05) is 0 Å². The second-order valence-electron chi connectivity index (χ2n) is 3.50. The quantitative estimate of drug-likeness (QED) is 0.840. The van der Waals surface area contributed by atoms with Crippen molar-refractivity contribution in [3.8, 4) is 0 Å². The number of aryl methyl sites for hydroxylation is 1. The van der Waals surface area contributed by atoms with Crippen molar-refractivity contribution in [1.82, 2.24) is 14.9 Å². The number of nitrogens with zero attached hydrogens (tertiary/aromatic N) is 2. The van der Waals surface area contributed by atoms with E-state index in [1.165, 1.54) is 0 Å². The van der Waals surface area contributed by atoms with Crippen molar-refractivity contribution < 1.29 is 4.79 Å². The van der Waals surface area contributed by atoms with Gasteiger partial charge < -0.3 is 9.88 Å². The smallest absolute Gasteiger partial charge is 0.251 e. The number of benzene rings is 1. The van der Waals surface area contributed by atoms with Gasteiger partial charge in [0.05, 0.1) is 6.54 Å². The molecule has 4 nitrogen and oxygen atoms in total. The summed E-state index contributed by atoms with van der Waals surface area (Å²) < 4.78 is 1.88. The van der Waals surface area contributed by atoms with Gasteiger partial charge in [0.25, 0.3) is 5.91 Å². The molecule has 1 aromatic carbocycles. The number of hydrogen-bond donors (Lipinski definition) is 1. The van der Waals surface area contributed by atoms with E-state index in [9.17, 15) is 4.79 Å². The Balaban J connectivity index is 1.97. The minimum absolute atomic E-state index is 0.0800. The number of nitrogens with one attached hydrogen (secondary N) is 1. The van der Waals surface area contributed by atoms with Crippen LogP contribution in [0.1, 0.15) is 16.2 Å². The fourth-order valence-electron chi connectivity index (χ4n) is 1.42. The van der Waals surface area contributed by atoms with Crippen LogP contribution in [0.4, 0.5) is 0 Å². The molecule has 0 unspecified atom stereocenters. The first-order valence-corrected chi connectivity index (χ1v) is 5.07. The lowest BCUT2D eigenvalue weighted by molar-refractivity contribution is 0.0949. The largest absolute Gasteiger partial charge is 0.345 e. The van der Waals surface area contributed by atoms with Crippen molar-refractivity contribution in [1.29, 1.82) is 0 Å². The van der Waals surface area contributed by atoms with Gasteiger partial charge in [0.1, 0.15) is 5.82 Å². The second-order valence-corrected chi connectivity index (χ2v) is 3.50. The third kappa shape index (κ3) is 2.28. The van der Waals surface area contributed by atoms with Crippen LogP contribution in [-0.4, -0.2) is 15.5 Å². The molecule has 1 amide bonds. The predicted octanol–water partition coefficient (Wildman–Crippen LogP) is 1.35. The van der Waals surface area contributed by atoms with Crippen LogP contribution in [0.2, 0.25) is 0 Å². The Bertz CT molecular complexity index is 476. The molecule has 16 heavy (non-hydrogen) atoms. The van der Waals surface area contributed by atoms with Crippen LogP contribution >= 0.6 is 0 Å². The highest BCUT2D eigenvalue weighted by Gasteiger charge is 2.05.